The molecule has 2 aliphatic rings. The van der Waals surface area contributed by atoms with E-state index < -0.39 is 0 Å². The minimum atomic E-state index is 0.438. The van der Waals surface area contributed by atoms with Crippen LogP contribution in [0.15, 0.2) is 0 Å². The second-order valence-electron chi connectivity index (χ2n) is 6.70. The van der Waals surface area contributed by atoms with E-state index in [-0.39, 0.29) is 0 Å². The Balaban J connectivity index is 2.19. The van der Waals surface area contributed by atoms with Gasteiger partial charge in [0, 0.05) is 12.6 Å². The van der Waals surface area contributed by atoms with Crippen LogP contribution in [0.2, 0.25) is 0 Å². The highest BCUT2D eigenvalue weighted by Gasteiger charge is 2.49. The first-order valence-electron chi connectivity index (χ1n) is 6.73. The highest BCUT2D eigenvalue weighted by atomic mass is 32.2. The zero-order valence-electron chi connectivity index (χ0n) is 11.5. The maximum atomic E-state index is 2.79. The van der Waals surface area contributed by atoms with E-state index in [1.165, 1.54) is 25.8 Å². The molecule has 1 aliphatic heterocycles. The maximum Gasteiger partial charge on any atom is 0.0529 e. The number of hydrogen-bond donors (Lipinski definition) is 0. The van der Waals surface area contributed by atoms with Crippen LogP contribution in [0.25, 0.3) is 0 Å². The molecule has 1 saturated heterocycles. The summed E-state index contributed by atoms with van der Waals surface area (Å²) in [6.45, 7) is 11.0. The average molecular weight is 241 g/mol. The molecule has 0 aromatic heterocycles. The third-order valence-electron chi connectivity index (χ3n) is 4.62. The molecule has 1 saturated carbocycles. The summed E-state index contributed by atoms with van der Waals surface area (Å²) in [6.07, 6.45) is 6.68. The lowest BCUT2D eigenvalue weighted by atomic mass is 9.77. The zero-order valence-corrected chi connectivity index (χ0v) is 12.3. The van der Waals surface area contributed by atoms with Gasteiger partial charge in [-0.25, -0.2) is 0 Å². The molecule has 0 bridgehead atoms. The SMILES string of the molecule is CSC(C)N1CC2CCCC2C1C(C)(C)C. The molecule has 0 aromatic rings. The summed E-state index contributed by atoms with van der Waals surface area (Å²) in [6, 6.07) is 0.808. The molecule has 0 radical (unpaired) electrons. The second kappa shape index (κ2) is 4.53. The maximum absolute atomic E-state index is 2.79. The van der Waals surface area contributed by atoms with Gasteiger partial charge in [0.1, 0.15) is 0 Å². The molecule has 1 heterocycles. The van der Waals surface area contributed by atoms with Gasteiger partial charge in [0.15, 0.2) is 0 Å². The summed E-state index contributed by atoms with van der Waals surface area (Å²) in [5.74, 6) is 1.98. The van der Waals surface area contributed by atoms with E-state index in [1.807, 2.05) is 11.8 Å². The lowest BCUT2D eigenvalue weighted by molar-refractivity contribution is 0.104. The summed E-state index contributed by atoms with van der Waals surface area (Å²) in [4.78, 5) is 2.79. The van der Waals surface area contributed by atoms with E-state index in [9.17, 15) is 0 Å². The van der Waals surface area contributed by atoms with Crippen LogP contribution in [0.1, 0.15) is 47.0 Å². The lowest BCUT2D eigenvalue weighted by Gasteiger charge is -2.40. The Kier molecular flexibility index (Phi) is 3.61. The van der Waals surface area contributed by atoms with Gasteiger partial charge >= 0.3 is 0 Å². The molecular weight excluding hydrogens is 214 g/mol. The second-order valence-corrected chi connectivity index (χ2v) is 7.85. The van der Waals surface area contributed by atoms with Crippen molar-refractivity contribution < 1.29 is 0 Å². The van der Waals surface area contributed by atoms with E-state index in [1.54, 1.807) is 0 Å². The van der Waals surface area contributed by atoms with Gasteiger partial charge in [-0.05, 0) is 43.3 Å². The van der Waals surface area contributed by atoms with E-state index in [0.717, 1.165) is 17.9 Å². The summed E-state index contributed by atoms with van der Waals surface area (Å²) in [5.41, 5.74) is 0.438. The third-order valence-corrected chi connectivity index (χ3v) is 5.57. The largest absolute Gasteiger partial charge is 0.288 e. The van der Waals surface area contributed by atoms with E-state index in [2.05, 4.69) is 38.9 Å². The Bertz CT molecular complexity index is 246. The summed E-state index contributed by atoms with van der Waals surface area (Å²) in [7, 11) is 0. The minimum Gasteiger partial charge on any atom is -0.288 e. The standard InChI is InChI=1S/C14H27NS/c1-10(16-5)15-9-11-7-6-8-12(11)13(15)14(2,3)4/h10-13H,6-9H2,1-5H3. The van der Waals surface area contributed by atoms with Crippen LogP contribution in [-0.4, -0.2) is 29.1 Å². The summed E-state index contributed by atoms with van der Waals surface area (Å²) >= 11 is 2.01. The number of fused-ring (bicyclic) bond motifs is 1. The predicted molar refractivity (Wildman–Crippen MR) is 73.8 cm³/mol. The fraction of sp³-hybridized carbons (Fsp3) is 1.00. The molecular formula is C14H27NS. The van der Waals surface area contributed by atoms with Gasteiger partial charge in [-0.15, -0.1) is 11.8 Å². The Hall–Kier alpha value is 0.310. The van der Waals surface area contributed by atoms with Gasteiger partial charge in [0.05, 0.1) is 5.37 Å². The quantitative estimate of drug-likeness (QED) is 0.722. The number of rotatable bonds is 2. The molecule has 0 N–H and O–H groups in total. The molecule has 4 atom stereocenters. The lowest BCUT2D eigenvalue weighted by Crippen LogP contribution is -2.45. The normalized spacial score (nSPS) is 37.7. The fourth-order valence-electron chi connectivity index (χ4n) is 3.99. The molecule has 4 unspecified atom stereocenters. The molecule has 1 nitrogen and oxygen atoms in total. The summed E-state index contributed by atoms with van der Waals surface area (Å²) in [5, 5.41) is 0.690. The van der Waals surface area contributed by atoms with Gasteiger partial charge in [0.2, 0.25) is 0 Å². The molecule has 1 aliphatic carbocycles. The number of nitrogens with zero attached hydrogens (tertiary/aromatic N) is 1. The van der Waals surface area contributed by atoms with Gasteiger partial charge in [-0.3, -0.25) is 4.90 Å². The van der Waals surface area contributed by atoms with Gasteiger partial charge in [-0.1, -0.05) is 27.2 Å². The Labute approximate surface area is 105 Å². The molecule has 2 heteroatoms. The van der Waals surface area contributed by atoms with Crippen LogP contribution < -0.4 is 0 Å². The number of likely N-dealkylation sites (tertiary alicyclic amines) is 1. The van der Waals surface area contributed by atoms with E-state index in [0.29, 0.717) is 10.8 Å². The van der Waals surface area contributed by atoms with E-state index >= 15 is 0 Å². The van der Waals surface area contributed by atoms with Crippen LogP contribution >= 0.6 is 11.8 Å². The smallest absolute Gasteiger partial charge is 0.0529 e. The average Bonchev–Trinajstić information content (AvgIpc) is 2.72. The Morgan fingerprint density at radius 3 is 2.50 bits per heavy atom. The first kappa shape index (κ1) is 12.8. The van der Waals surface area contributed by atoms with Crippen molar-refractivity contribution in [3.05, 3.63) is 0 Å². The van der Waals surface area contributed by atoms with Gasteiger partial charge in [-0.2, -0.15) is 0 Å². The van der Waals surface area contributed by atoms with Crippen LogP contribution in [0, 0.1) is 17.3 Å². The topological polar surface area (TPSA) is 3.24 Å². The van der Waals surface area contributed by atoms with Crippen molar-refractivity contribution >= 4 is 11.8 Å². The summed E-state index contributed by atoms with van der Waals surface area (Å²) < 4.78 is 0. The van der Waals surface area contributed by atoms with E-state index in [4.69, 9.17) is 0 Å². The van der Waals surface area contributed by atoms with Crippen molar-refractivity contribution in [1.29, 1.82) is 0 Å². The zero-order chi connectivity index (χ0) is 11.9. The fourth-order valence-corrected chi connectivity index (χ4v) is 4.48. The molecule has 0 aromatic carbocycles. The van der Waals surface area contributed by atoms with Crippen molar-refractivity contribution in [3.8, 4) is 0 Å². The molecule has 2 fully saturated rings. The first-order chi connectivity index (χ1) is 7.45. The van der Waals surface area contributed by atoms with Crippen molar-refractivity contribution in [3.63, 3.8) is 0 Å². The molecule has 0 spiro atoms. The van der Waals surface area contributed by atoms with Crippen LogP contribution in [0.4, 0.5) is 0 Å². The Morgan fingerprint density at radius 2 is 1.94 bits per heavy atom. The van der Waals surface area contributed by atoms with Crippen LogP contribution in [0.5, 0.6) is 0 Å². The molecule has 16 heavy (non-hydrogen) atoms. The Morgan fingerprint density at radius 1 is 1.25 bits per heavy atom. The molecule has 0 amide bonds. The van der Waals surface area contributed by atoms with Crippen molar-refractivity contribution in [2.24, 2.45) is 17.3 Å². The number of thioether (sulfide) groups is 1. The highest BCUT2D eigenvalue weighted by molar-refractivity contribution is 7.99. The van der Waals surface area contributed by atoms with Crippen LogP contribution in [-0.2, 0) is 0 Å². The van der Waals surface area contributed by atoms with Crippen molar-refractivity contribution in [2.75, 3.05) is 12.8 Å². The minimum absolute atomic E-state index is 0.438. The van der Waals surface area contributed by atoms with Crippen molar-refractivity contribution in [1.82, 2.24) is 4.90 Å². The van der Waals surface area contributed by atoms with Crippen molar-refractivity contribution in [2.45, 2.75) is 58.4 Å². The van der Waals surface area contributed by atoms with Gasteiger partial charge < -0.3 is 0 Å². The highest BCUT2D eigenvalue weighted by Crippen LogP contribution is 2.49. The third kappa shape index (κ3) is 2.15. The molecule has 94 valence electrons. The molecule has 2 rings (SSSR count). The monoisotopic (exact) mass is 241 g/mol. The first-order valence-corrected chi connectivity index (χ1v) is 8.02. The van der Waals surface area contributed by atoms with Crippen LogP contribution in [0.3, 0.4) is 0 Å². The van der Waals surface area contributed by atoms with Gasteiger partial charge in [0.25, 0.3) is 0 Å². The number of hydrogen-bond acceptors (Lipinski definition) is 2. The predicted octanol–water partition coefficient (Wildman–Crippen LogP) is 3.84.